The Morgan fingerprint density at radius 2 is 1.54 bits per heavy atom. The first-order valence-electron chi connectivity index (χ1n) is 8.91. The Bertz CT molecular complexity index is 963. The molecule has 128 valence electrons. The molecule has 1 atom stereocenters. The summed E-state index contributed by atoms with van der Waals surface area (Å²) >= 11 is 0. The predicted molar refractivity (Wildman–Crippen MR) is 106 cm³/mol. The molecule has 2 aromatic carbocycles. The summed E-state index contributed by atoms with van der Waals surface area (Å²) in [6.45, 7) is 0.765. The number of nitrogens with one attached hydrogen (secondary N) is 1. The van der Waals surface area contributed by atoms with Crippen molar-refractivity contribution in [1.82, 2.24) is 15.3 Å². The number of benzene rings is 2. The van der Waals surface area contributed by atoms with Crippen molar-refractivity contribution in [1.29, 1.82) is 0 Å². The third kappa shape index (κ3) is 3.79. The maximum atomic E-state index is 4.56. The van der Waals surface area contributed by atoms with Crippen LogP contribution >= 0.6 is 0 Å². The summed E-state index contributed by atoms with van der Waals surface area (Å²) in [5.41, 5.74) is 4.63. The lowest BCUT2D eigenvalue weighted by atomic mass is 10.0. The van der Waals surface area contributed by atoms with E-state index < -0.39 is 0 Å². The van der Waals surface area contributed by atoms with E-state index in [0.717, 1.165) is 24.2 Å². The van der Waals surface area contributed by atoms with E-state index >= 15 is 0 Å². The van der Waals surface area contributed by atoms with Crippen LogP contribution < -0.4 is 5.32 Å². The molecule has 4 rings (SSSR count). The molecule has 3 heteroatoms. The molecule has 0 fully saturated rings. The van der Waals surface area contributed by atoms with Crippen molar-refractivity contribution in [2.75, 3.05) is 0 Å². The third-order valence-corrected chi connectivity index (χ3v) is 4.60. The molecule has 1 unspecified atom stereocenters. The molecule has 1 N–H and O–H groups in total. The van der Waals surface area contributed by atoms with Crippen LogP contribution in [0.2, 0.25) is 0 Å². The monoisotopic (exact) mass is 339 g/mol. The lowest BCUT2D eigenvalue weighted by Crippen LogP contribution is -2.23. The molecular weight excluding hydrogens is 318 g/mol. The van der Waals surface area contributed by atoms with E-state index in [0.29, 0.717) is 0 Å². The second-order valence-corrected chi connectivity index (χ2v) is 6.36. The van der Waals surface area contributed by atoms with E-state index in [4.69, 9.17) is 0 Å². The number of fused-ring (bicyclic) bond motifs is 1. The number of hydrogen-bond donors (Lipinski definition) is 1. The van der Waals surface area contributed by atoms with Gasteiger partial charge in [-0.1, -0.05) is 60.7 Å². The lowest BCUT2D eigenvalue weighted by Gasteiger charge is -2.19. The van der Waals surface area contributed by atoms with Gasteiger partial charge < -0.3 is 5.32 Å². The number of hydrogen-bond acceptors (Lipinski definition) is 3. The van der Waals surface area contributed by atoms with Crippen LogP contribution in [-0.2, 0) is 13.0 Å². The van der Waals surface area contributed by atoms with Gasteiger partial charge in [0.15, 0.2) is 0 Å². The SMILES string of the molecule is c1ccc(C(Cc2ccccn2)NCc2cccc3cccnc23)cc1. The highest BCUT2D eigenvalue weighted by Gasteiger charge is 2.13. The van der Waals surface area contributed by atoms with Gasteiger partial charge in [0.1, 0.15) is 0 Å². The van der Waals surface area contributed by atoms with E-state index in [-0.39, 0.29) is 6.04 Å². The normalized spacial score (nSPS) is 12.2. The highest BCUT2D eigenvalue weighted by Crippen LogP contribution is 2.20. The number of aromatic nitrogens is 2. The molecule has 0 saturated heterocycles. The smallest absolute Gasteiger partial charge is 0.0746 e. The van der Waals surface area contributed by atoms with Crippen molar-refractivity contribution in [2.45, 2.75) is 19.0 Å². The molecule has 0 saturated carbocycles. The van der Waals surface area contributed by atoms with Crippen molar-refractivity contribution < 1.29 is 0 Å². The zero-order chi connectivity index (χ0) is 17.6. The molecule has 4 aromatic rings. The zero-order valence-corrected chi connectivity index (χ0v) is 14.5. The van der Waals surface area contributed by atoms with Crippen LogP contribution in [0.1, 0.15) is 22.9 Å². The Morgan fingerprint density at radius 3 is 2.38 bits per heavy atom. The molecule has 26 heavy (non-hydrogen) atoms. The van der Waals surface area contributed by atoms with E-state index in [1.54, 1.807) is 0 Å². The molecule has 0 bridgehead atoms. The van der Waals surface area contributed by atoms with Crippen LogP contribution in [0.15, 0.2) is 91.3 Å². The fraction of sp³-hybridized carbons (Fsp3) is 0.130. The van der Waals surface area contributed by atoms with E-state index in [9.17, 15) is 0 Å². The zero-order valence-electron chi connectivity index (χ0n) is 14.5. The van der Waals surface area contributed by atoms with Gasteiger partial charge in [0, 0.05) is 42.5 Å². The van der Waals surface area contributed by atoms with Crippen molar-refractivity contribution in [3.05, 3.63) is 108 Å². The van der Waals surface area contributed by atoms with Gasteiger partial charge in [-0.15, -0.1) is 0 Å². The Labute approximate surface area is 153 Å². The van der Waals surface area contributed by atoms with Gasteiger partial charge in [0.25, 0.3) is 0 Å². The van der Waals surface area contributed by atoms with Gasteiger partial charge in [-0.25, -0.2) is 0 Å². The van der Waals surface area contributed by atoms with E-state index in [2.05, 4.69) is 75.9 Å². The number of rotatable bonds is 6. The van der Waals surface area contributed by atoms with Crippen LogP contribution in [0.3, 0.4) is 0 Å². The molecular formula is C23H21N3. The molecule has 2 heterocycles. The molecule has 2 aromatic heterocycles. The molecule has 0 amide bonds. The van der Waals surface area contributed by atoms with E-state index in [1.165, 1.54) is 16.5 Å². The van der Waals surface area contributed by atoms with Crippen LogP contribution in [0, 0.1) is 0 Å². The van der Waals surface area contributed by atoms with Gasteiger partial charge in [0.2, 0.25) is 0 Å². The molecule has 3 nitrogen and oxygen atoms in total. The van der Waals surface area contributed by atoms with Crippen molar-refractivity contribution >= 4 is 10.9 Å². The number of nitrogens with zero attached hydrogens (tertiary/aromatic N) is 2. The molecule has 0 aliphatic carbocycles. The largest absolute Gasteiger partial charge is 0.305 e. The Hall–Kier alpha value is -3.04. The summed E-state index contributed by atoms with van der Waals surface area (Å²) in [5.74, 6) is 0. The quantitative estimate of drug-likeness (QED) is 0.553. The minimum Gasteiger partial charge on any atom is -0.305 e. The van der Waals surface area contributed by atoms with Crippen molar-refractivity contribution in [3.63, 3.8) is 0 Å². The highest BCUT2D eigenvalue weighted by molar-refractivity contribution is 5.81. The predicted octanol–water partition coefficient (Wildman–Crippen LogP) is 4.70. The summed E-state index contributed by atoms with van der Waals surface area (Å²) in [5, 5.41) is 4.89. The second-order valence-electron chi connectivity index (χ2n) is 6.36. The molecule has 0 aliphatic heterocycles. The first-order chi connectivity index (χ1) is 12.9. The second kappa shape index (κ2) is 7.89. The summed E-state index contributed by atoms with van der Waals surface area (Å²) in [7, 11) is 0. The average Bonchev–Trinajstić information content (AvgIpc) is 2.72. The van der Waals surface area contributed by atoms with Crippen LogP contribution in [0.4, 0.5) is 0 Å². The van der Waals surface area contributed by atoms with Gasteiger partial charge in [0.05, 0.1) is 5.52 Å². The van der Waals surface area contributed by atoms with Crippen molar-refractivity contribution in [2.24, 2.45) is 0 Å². The maximum Gasteiger partial charge on any atom is 0.0746 e. The Balaban J connectivity index is 1.58. The van der Waals surface area contributed by atoms with Gasteiger partial charge in [-0.05, 0) is 29.3 Å². The van der Waals surface area contributed by atoms with Crippen LogP contribution in [0.25, 0.3) is 10.9 Å². The highest BCUT2D eigenvalue weighted by atomic mass is 14.9. The summed E-state index contributed by atoms with van der Waals surface area (Å²) in [6, 6.07) is 27.3. The minimum atomic E-state index is 0.199. The first-order valence-corrected chi connectivity index (χ1v) is 8.91. The standard InChI is InChI=1S/C23H21N3/c1-2-8-18(9-3-1)22(16-21-13-4-5-14-24-21)26-17-20-11-6-10-19-12-7-15-25-23(19)20/h1-15,22,26H,16-17H2. The average molecular weight is 339 g/mol. The van der Waals surface area contributed by atoms with Gasteiger partial charge >= 0.3 is 0 Å². The molecule has 0 spiro atoms. The Morgan fingerprint density at radius 1 is 0.731 bits per heavy atom. The van der Waals surface area contributed by atoms with E-state index in [1.807, 2.05) is 30.6 Å². The third-order valence-electron chi connectivity index (χ3n) is 4.60. The summed E-state index contributed by atoms with van der Waals surface area (Å²) < 4.78 is 0. The summed E-state index contributed by atoms with van der Waals surface area (Å²) in [4.78, 5) is 9.06. The van der Waals surface area contributed by atoms with Gasteiger partial charge in [-0.2, -0.15) is 0 Å². The van der Waals surface area contributed by atoms with Crippen molar-refractivity contribution in [3.8, 4) is 0 Å². The fourth-order valence-corrected chi connectivity index (χ4v) is 3.26. The number of para-hydroxylation sites is 1. The Kier molecular flexibility index (Phi) is 4.99. The van der Waals surface area contributed by atoms with Crippen LogP contribution in [0.5, 0.6) is 0 Å². The topological polar surface area (TPSA) is 37.8 Å². The first kappa shape index (κ1) is 16.4. The maximum absolute atomic E-state index is 4.56. The number of pyridine rings is 2. The van der Waals surface area contributed by atoms with Crippen LogP contribution in [-0.4, -0.2) is 9.97 Å². The summed E-state index contributed by atoms with van der Waals surface area (Å²) in [6.07, 6.45) is 4.56. The lowest BCUT2D eigenvalue weighted by molar-refractivity contribution is 0.526. The minimum absolute atomic E-state index is 0.199. The fourth-order valence-electron chi connectivity index (χ4n) is 3.26. The molecule has 0 aliphatic rings. The van der Waals surface area contributed by atoms with Gasteiger partial charge in [-0.3, -0.25) is 9.97 Å². The molecule has 0 radical (unpaired) electrons.